The van der Waals surface area contributed by atoms with Gasteiger partial charge in [-0.15, -0.1) is 0 Å². The third kappa shape index (κ3) is 3.25. The van der Waals surface area contributed by atoms with Crippen molar-refractivity contribution in [1.29, 1.82) is 0 Å². The SMILES string of the molecule is CN1CCN(C2=CC=CC3=NC(CN(C)C4CCc5cccnc54)CN23)CC1. The van der Waals surface area contributed by atoms with Gasteiger partial charge in [0.25, 0.3) is 0 Å². The van der Waals surface area contributed by atoms with Crippen LogP contribution in [0, 0.1) is 0 Å². The summed E-state index contributed by atoms with van der Waals surface area (Å²) in [5.41, 5.74) is 2.68. The third-order valence-corrected chi connectivity index (χ3v) is 6.54. The van der Waals surface area contributed by atoms with Crippen molar-refractivity contribution in [2.75, 3.05) is 53.4 Å². The van der Waals surface area contributed by atoms with Crippen LogP contribution in [0.3, 0.4) is 0 Å². The van der Waals surface area contributed by atoms with E-state index in [1.165, 1.54) is 23.5 Å². The molecule has 28 heavy (non-hydrogen) atoms. The molecule has 0 spiro atoms. The van der Waals surface area contributed by atoms with Gasteiger partial charge in [-0.05, 0) is 50.7 Å². The zero-order valence-electron chi connectivity index (χ0n) is 17.0. The van der Waals surface area contributed by atoms with Gasteiger partial charge in [-0.3, -0.25) is 14.9 Å². The molecule has 1 fully saturated rings. The average Bonchev–Trinajstić information content (AvgIpc) is 3.32. The van der Waals surface area contributed by atoms with Gasteiger partial charge < -0.3 is 14.7 Å². The highest BCUT2D eigenvalue weighted by Gasteiger charge is 2.34. The lowest BCUT2D eigenvalue weighted by molar-refractivity contribution is 0.157. The van der Waals surface area contributed by atoms with Crippen molar-refractivity contribution in [2.24, 2.45) is 4.99 Å². The Morgan fingerprint density at radius 2 is 2.07 bits per heavy atom. The van der Waals surface area contributed by atoms with Gasteiger partial charge in [0.2, 0.25) is 0 Å². The van der Waals surface area contributed by atoms with Crippen molar-refractivity contribution < 1.29 is 0 Å². The summed E-state index contributed by atoms with van der Waals surface area (Å²) in [7, 11) is 4.44. The van der Waals surface area contributed by atoms with E-state index >= 15 is 0 Å². The Balaban J connectivity index is 1.25. The van der Waals surface area contributed by atoms with Crippen molar-refractivity contribution in [2.45, 2.75) is 24.9 Å². The summed E-state index contributed by atoms with van der Waals surface area (Å²) in [5.74, 6) is 2.45. The monoisotopic (exact) mass is 378 g/mol. The molecule has 2 atom stereocenters. The lowest BCUT2D eigenvalue weighted by atomic mass is 10.1. The smallest absolute Gasteiger partial charge is 0.129 e. The predicted octanol–water partition coefficient (Wildman–Crippen LogP) is 1.74. The minimum atomic E-state index is 0.311. The number of nitrogens with zero attached hydrogens (tertiary/aromatic N) is 6. The first kappa shape index (κ1) is 17.9. The number of aliphatic imine (C=N–C) groups is 1. The summed E-state index contributed by atoms with van der Waals surface area (Å²) in [6.45, 7) is 6.39. The Morgan fingerprint density at radius 1 is 1.21 bits per heavy atom. The number of aryl methyl sites for hydroxylation is 1. The van der Waals surface area contributed by atoms with E-state index in [4.69, 9.17) is 4.99 Å². The van der Waals surface area contributed by atoms with Gasteiger partial charge >= 0.3 is 0 Å². The fraction of sp³-hybridized carbons (Fsp3) is 0.545. The molecule has 4 heterocycles. The number of hydrogen-bond donors (Lipinski definition) is 0. The van der Waals surface area contributed by atoms with E-state index < -0.39 is 0 Å². The zero-order valence-corrected chi connectivity index (χ0v) is 17.0. The molecule has 0 radical (unpaired) electrons. The molecule has 1 aromatic rings. The van der Waals surface area contributed by atoms with Crippen molar-refractivity contribution in [1.82, 2.24) is 24.6 Å². The summed E-state index contributed by atoms with van der Waals surface area (Å²) in [6, 6.07) is 5.02. The molecule has 2 unspecified atom stereocenters. The molecule has 0 aromatic carbocycles. The number of amidine groups is 1. The largest absolute Gasteiger partial charge is 0.355 e. The van der Waals surface area contributed by atoms with Gasteiger partial charge in [0.1, 0.15) is 11.7 Å². The van der Waals surface area contributed by atoms with Crippen LogP contribution in [0.15, 0.2) is 47.4 Å². The number of fused-ring (bicyclic) bond motifs is 2. The summed E-state index contributed by atoms with van der Waals surface area (Å²) in [4.78, 5) is 19.5. The molecule has 1 saturated heterocycles. The molecular weight excluding hydrogens is 348 g/mol. The van der Waals surface area contributed by atoms with E-state index in [2.05, 4.69) is 69.0 Å². The second-order valence-corrected chi connectivity index (χ2v) is 8.47. The Morgan fingerprint density at radius 3 is 2.93 bits per heavy atom. The van der Waals surface area contributed by atoms with Crippen LogP contribution >= 0.6 is 0 Å². The van der Waals surface area contributed by atoms with Crippen LogP contribution in [0.2, 0.25) is 0 Å². The lowest BCUT2D eigenvalue weighted by Crippen LogP contribution is -2.48. The number of rotatable bonds is 4. The minimum absolute atomic E-state index is 0.311. The van der Waals surface area contributed by atoms with Crippen LogP contribution in [0.4, 0.5) is 0 Å². The number of pyridine rings is 1. The predicted molar refractivity (Wildman–Crippen MR) is 112 cm³/mol. The quantitative estimate of drug-likeness (QED) is 0.798. The molecular formula is C22H30N6. The maximum absolute atomic E-state index is 5.05. The number of hydrogen-bond acceptors (Lipinski definition) is 6. The first-order chi connectivity index (χ1) is 13.7. The molecule has 0 saturated carbocycles. The summed E-state index contributed by atoms with van der Waals surface area (Å²) in [5, 5.41) is 0. The van der Waals surface area contributed by atoms with E-state index in [1.54, 1.807) is 0 Å². The molecule has 0 amide bonds. The molecule has 6 heteroatoms. The average molecular weight is 379 g/mol. The fourth-order valence-corrected chi connectivity index (χ4v) is 4.95. The number of aromatic nitrogens is 1. The van der Waals surface area contributed by atoms with Gasteiger partial charge in [-0.1, -0.05) is 12.1 Å². The topological polar surface area (TPSA) is 38.2 Å². The molecule has 1 aromatic heterocycles. The second kappa shape index (κ2) is 7.33. The van der Waals surface area contributed by atoms with Gasteiger partial charge in [-0.25, -0.2) is 0 Å². The van der Waals surface area contributed by atoms with Gasteiger partial charge in [0, 0.05) is 45.5 Å². The van der Waals surface area contributed by atoms with Crippen LogP contribution in [-0.4, -0.2) is 89.8 Å². The molecule has 5 rings (SSSR count). The summed E-state index contributed by atoms with van der Waals surface area (Å²) >= 11 is 0. The summed E-state index contributed by atoms with van der Waals surface area (Å²) < 4.78 is 0. The highest BCUT2D eigenvalue weighted by Crippen LogP contribution is 2.34. The van der Waals surface area contributed by atoms with E-state index in [1.807, 2.05) is 6.20 Å². The van der Waals surface area contributed by atoms with Gasteiger partial charge in [0.05, 0.1) is 17.8 Å². The van der Waals surface area contributed by atoms with Crippen LogP contribution in [-0.2, 0) is 6.42 Å². The molecule has 6 nitrogen and oxygen atoms in total. The number of piperazine rings is 1. The van der Waals surface area contributed by atoms with Gasteiger partial charge in [0.15, 0.2) is 0 Å². The van der Waals surface area contributed by atoms with Gasteiger partial charge in [-0.2, -0.15) is 0 Å². The second-order valence-electron chi connectivity index (χ2n) is 8.47. The standard InChI is InChI=1S/C22H30N6/c1-25-11-13-27(14-12-25)21-7-3-6-20-24-18(16-28(20)21)15-26(2)19-9-8-17-5-4-10-23-22(17)19/h3-7,10,18-19H,8-9,11-16H2,1-2H3. The Kier molecular flexibility index (Phi) is 4.69. The van der Waals surface area contributed by atoms with Crippen molar-refractivity contribution >= 4 is 5.84 Å². The Bertz CT molecular complexity index is 820. The summed E-state index contributed by atoms with van der Waals surface area (Å²) in [6.07, 6.45) is 10.8. The highest BCUT2D eigenvalue weighted by atomic mass is 15.4. The molecule has 148 valence electrons. The van der Waals surface area contributed by atoms with Crippen LogP contribution < -0.4 is 0 Å². The molecule has 0 bridgehead atoms. The first-order valence-electron chi connectivity index (χ1n) is 10.5. The van der Waals surface area contributed by atoms with Crippen molar-refractivity contribution in [3.63, 3.8) is 0 Å². The number of allylic oxidation sites excluding steroid dienone is 2. The third-order valence-electron chi connectivity index (χ3n) is 6.54. The molecule has 1 aliphatic carbocycles. The van der Waals surface area contributed by atoms with Crippen molar-refractivity contribution in [3.05, 3.63) is 53.6 Å². The Labute approximate surface area is 167 Å². The normalized spacial score (nSPS) is 27.1. The highest BCUT2D eigenvalue weighted by molar-refractivity contribution is 5.96. The molecule has 4 aliphatic rings. The van der Waals surface area contributed by atoms with E-state index in [0.717, 1.165) is 51.5 Å². The van der Waals surface area contributed by atoms with Crippen LogP contribution in [0.25, 0.3) is 0 Å². The lowest BCUT2D eigenvalue weighted by Gasteiger charge is -2.40. The zero-order chi connectivity index (χ0) is 19.1. The van der Waals surface area contributed by atoms with Crippen LogP contribution in [0.5, 0.6) is 0 Å². The molecule has 0 N–H and O–H groups in total. The number of likely N-dealkylation sites (N-methyl/N-ethyl adjacent to an activating group) is 2. The molecule has 3 aliphatic heterocycles. The van der Waals surface area contributed by atoms with E-state index in [-0.39, 0.29) is 0 Å². The van der Waals surface area contributed by atoms with Crippen LogP contribution in [0.1, 0.15) is 23.7 Å². The van der Waals surface area contributed by atoms with E-state index in [9.17, 15) is 0 Å². The first-order valence-corrected chi connectivity index (χ1v) is 10.5. The maximum atomic E-state index is 5.05. The maximum Gasteiger partial charge on any atom is 0.129 e. The van der Waals surface area contributed by atoms with Crippen molar-refractivity contribution in [3.8, 4) is 0 Å². The Hall–Kier alpha value is -2.18. The van der Waals surface area contributed by atoms with E-state index in [0.29, 0.717) is 12.1 Å². The fourth-order valence-electron chi connectivity index (χ4n) is 4.95. The minimum Gasteiger partial charge on any atom is -0.355 e.